The van der Waals surface area contributed by atoms with Crippen LogP contribution < -0.4 is 11.1 Å². The van der Waals surface area contributed by atoms with Crippen molar-refractivity contribution >= 4 is 5.78 Å². The molecular weight excluding hydrogens is 596 g/mol. The molecule has 0 spiro atoms. The summed E-state index contributed by atoms with van der Waals surface area (Å²) in [5.74, 6) is 1.62. The minimum absolute atomic E-state index is 0.0876. The van der Waals surface area contributed by atoms with Crippen molar-refractivity contribution in [3.8, 4) is 0 Å². The molecule has 0 bridgehead atoms. The predicted octanol–water partition coefficient (Wildman–Crippen LogP) is 4.46. The molecule has 4 aliphatic carbocycles. The molecule has 4 saturated carbocycles. The molecule has 5 rings (SSSR count). The molecule has 0 radical (unpaired) electrons. The van der Waals surface area contributed by atoms with E-state index in [9.17, 15) is 25.2 Å². The van der Waals surface area contributed by atoms with Gasteiger partial charge in [-0.05, 0) is 125 Å². The van der Waals surface area contributed by atoms with Crippen LogP contribution in [-0.2, 0) is 14.3 Å². The first-order valence-electron chi connectivity index (χ1n) is 19.5. The van der Waals surface area contributed by atoms with Gasteiger partial charge in [0.2, 0.25) is 0 Å². The number of carbonyl (C=O) groups excluding carboxylic acids is 1. The van der Waals surface area contributed by atoms with Crippen LogP contribution in [0.25, 0.3) is 0 Å². The number of carbonyl (C=O) groups is 1. The van der Waals surface area contributed by atoms with E-state index in [1.54, 1.807) is 14.2 Å². The van der Waals surface area contributed by atoms with Crippen molar-refractivity contribution in [3.05, 3.63) is 0 Å². The molecule has 272 valence electrons. The van der Waals surface area contributed by atoms with E-state index in [2.05, 4.69) is 5.32 Å². The van der Waals surface area contributed by atoms with E-state index in [0.29, 0.717) is 62.2 Å². The molecule has 9 unspecified atom stereocenters. The number of ketones is 1. The van der Waals surface area contributed by atoms with E-state index >= 15 is 0 Å². The summed E-state index contributed by atoms with van der Waals surface area (Å²) in [6, 6.07) is 0. The van der Waals surface area contributed by atoms with Crippen molar-refractivity contribution in [1.82, 2.24) is 5.32 Å². The number of aliphatic hydroxyl groups is 4. The molecule has 5 fully saturated rings. The number of nitrogens with two attached hydrogens (primary N) is 1. The number of Topliss-reactive ketones (excluding diaryl/α,β-unsaturated/α-hetero) is 1. The molecule has 0 aromatic rings. The van der Waals surface area contributed by atoms with E-state index in [4.69, 9.17) is 15.2 Å². The number of rotatable bonds is 14. The lowest BCUT2D eigenvalue weighted by atomic mass is 9.53. The Morgan fingerprint density at radius 2 is 1.57 bits per heavy atom. The second-order valence-electron chi connectivity index (χ2n) is 16.5. The molecule has 5 aliphatic rings. The molecule has 0 aromatic heterocycles. The summed E-state index contributed by atoms with van der Waals surface area (Å²) < 4.78 is 11.1. The number of methoxy groups -OCH3 is 2. The van der Waals surface area contributed by atoms with Gasteiger partial charge in [-0.15, -0.1) is 0 Å². The summed E-state index contributed by atoms with van der Waals surface area (Å²) in [6.07, 6.45) is 15.1. The quantitative estimate of drug-likeness (QED) is 0.158. The Bertz CT molecular complexity index is 964. The molecular formula is C38H68N2O7. The third-order valence-electron chi connectivity index (χ3n) is 13.8. The standard InChI is InChI=1S/C38H68N2O7/c1-46-33-21-25(10-13-29(33)41)11-14-30(42)36(31(43)15-12-26-20-32(44)37(45)34(22-26)47-2)38(28-16-18-40-35(39)23-28)17-6-9-27(38)19-24-7-4-3-5-8-24/h24-30,32-37,40-42,44-45H,3-23,39H2,1-2H3/t25?,26?,27-,28?,29?,30+,32?,33?,34?,35?,36+,37?,38-/m0/s1. The Kier molecular flexibility index (Phi) is 14.0. The number of piperidine rings is 1. The molecule has 1 aliphatic heterocycles. The highest BCUT2D eigenvalue weighted by molar-refractivity contribution is 5.82. The van der Waals surface area contributed by atoms with Crippen LogP contribution in [0, 0.1) is 40.9 Å². The molecule has 1 heterocycles. The molecule has 1 saturated heterocycles. The lowest BCUT2D eigenvalue weighted by Crippen LogP contribution is -2.55. The largest absolute Gasteiger partial charge is 0.392 e. The Balaban J connectivity index is 1.40. The van der Waals surface area contributed by atoms with Crippen molar-refractivity contribution in [2.45, 2.75) is 171 Å². The maximum atomic E-state index is 14.9. The normalized spacial score (nSPS) is 41.9. The molecule has 9 heteroatoms. The average molecular weight is 665 g/mol. The number of nitrogens with one attached hydrogen (secondary N) is 1. The van der Waals surface area contributed by atoms with Crippen LogP contribution in [-0.4, -0.2) is 89.8 Å². The molecule has 9 nitrogen and oxygen atoms in total. The maximum Gasteiger partial charge on any atom is 0.139 e. The fourth-order valence-corrected chi connectivity index (χ4v) is 11.4. The van der Waals surface area contributed by atoms with Gasteiger partial charge < -0.3 is 41.0 Å². The smallest absolute Gasteiger partial charge is 0.139 e. The monoisotopic (exact) mass is 665 g/mol. The zero-order chi connectivity index (χ0) is 33.6. The van der Waals surface area contributed by atoms with Crippen molar-refractivity contribution in [2.24, 2.45) is 46.7 Å². The lowest BCUT2D eigenvalue weighted by molar-refractivity contribution is -0.144. The van der Waals surface area contributed by atoms with Gasteiger partial charge in [-0.3, -0.25) is 4.79 Å². The first kappa shape index (κ1) is 37.6. The van der Waals surface area contributed by atoms with Crippen LogP contribution >= 0.6 is 0 Å². The zero-order valence-electron chi connectivity index (χ0n) is 29.4. The summed E-state index contributed by atoms with van der Waals surface area (Å²) in [5, 5.41) is 47.2. The minimum Gasteiger partial charge on any atom is -0.392 e. The average Bonchev–Trinajstić information content (AvgIpc) is 3.48. The SMILES string of the molecule is COC1CC(CC[C@@H](O)[C@H](C(=O)CCC2CC(O)C(O)C(OC)C2)[C@@]2(C3CCNC(N)C3)CCC[C@H]2CC2CCCCC2)CCC1O. The Morgan fingerprint density at radius 1 is 0.830 bits per heavy atom. The second-order valence-corrected chi connectivity index (χ2v) is 16.5. The van der Waals surface area contributed by atoms with E-state index in [-0.39, 0.29) is 29.4 Å². The molecule has 0 aromatic carbocycles. The first-order valence-corrected chi connectivity index (χ1v) is 19.5. The van der Waals surface area contributed by atoms with Gasteiger partial charge in [0.15, 0.2) is 0 Å². The minimum atomic E-state index is -0.897. The lowest BCUT2D eigenvalue weighted by Gasteiger charge is -2.52. The van der Waals surface area contributed by atoms with Gasteiger partial charge >= 0.3 is 0 Å². The highest BCUT2D eigenvalue weighted by Crippen LogP contribution is 2.60. The van der Waals surface area contributed by atoms with E-state index in [0.717, 1.165) is 64.3 Å². The molecule has 13 atom stereocenters. The Morgan fingerprint density at radius 3 is 2.30 bits per heavy atom. The highest BCUT2D eigenvalue weighted by atomic mass is 16.5. The molecule has 0 amide bonds. The fraction of sp³-hybridized carbons (Fsp3) is 0.974. The van der Waals surface area contributed by atoms with Crippen molar-refractivity contribution in [1.29, 1.82) is 0 Å². The third kappa shape index (κ3) is 8.99. The van der Waals surface area contributed by atoms with Gasteiger partial charge in [-0.25, -0.2) is 0 Å². The predicted molar refractivity (Wildman–Crippen MR) is 182 cm³/mol. The van der Waals surface area contributed by atoms with Gasteiger partial charge in [0.05, 0.1) is 36.7 Å². The third-order valence-corrected chi connectivity index (χ3v) is 13.8. The maximum absolute atomic E-state index is 14.9. The van der Waals surface area contributed by atoms with Gasteiger partial charge in [0, 0.05) is 26.6 Å². The van der Waals surface area contributed by atoms with Crippen LogP contribution in [0.1, 0.15) is 128 Å². The van der Waals surface area contributed by atoms with Gasteiger partial charge in [0.25, 0.3) is 0 Å². The number of aliphatic hydroxyl groups excluding tert-OH is 4. The van der Waals surface area contributed by atoms with Crippen LogP contribution in [0.3, 0.4) is 0 Å². The molecule has 7 N–H and O–H groups in total. The topological polar surface area (TPSA) is 154 Å². The number of ether oxygens (including phenoxy) is 2. The number of hydrogen-bond donors (Lipinski definition) is 6. The van der Waals surface area contributed by atoms with Gasteiger partial charge in [-0.1, -0.05) is 38.5 Å². The molecule has 47 heavy (non-hydrogen) atoms. The zero-order valence-corrected chi connectivity index (χ0v) is 29.4. The first-order chi connectivity index (χ1) is 22.7. The summed E-state index contributed by atoms with van der Waals surface area (Å²) in [4.78, 5) is 14.9. The van der Waals surface area contributed by atoms with E-state index in [1.807, 2.05) is 0 Å². The Hall–Kier alpha value is -0.650. The van der Waals surface area contributed by atoms with Crippen molar-refractivity contribution < 1.29 is 34.7 Å². The van der Waals surface area contributed by atoms with E-state index < -0.39 is 36.4 Å². The highest BCUT2D eigenvalue weighted by Gasteiger charge is 2.57. The van der Waals surface area contributed by atoms with Crippen LogP contribution in [0.15, 0.2) is 0 Å². The van der Waals surface area contributed by atoms with Crippen LogP contribution in [0.2, 0.25) is 0 Å². The van der Waals surface area contributed by atoms with Gasteiger partial charge in [0.1, 0.15) is 11.9 Å². The van der Waals surface area contributed by atoms with Crippen LogP contribution in [0.4, 0.5) is 0 Å². The summed E-state index contributed by atoms with van der Waals surface area (Å²) in [5.41, 5.74) is 6.33. The summed E-state index contributed by atoms with van der Waals surface area (Å²) in [6.45, 7) is 0.851. The van der Waals surface area contributed by atoms with Crippen molar-refractivity contribution in [2.75, 3.05) is 20.8 Å². The van der Waals surface area contributed by atoms with E-state index in [1.165, 1.54) is 32.1 Å². The van der Waals surface area contributed by atoms with Gasteiger partial charge in [-0.2, -0.15) is 0 Å². The number of hydrogen-bond acceptors (Lipinski definition) is 9. The van der Waals surface area contributed by atoms with Crippen molar-refractivity contribution in [3.63, 3.8) is 0 Å². The summed E-state index contributed by atoms with van der Waals surface area (Å²) >= 11 is 0. The Labute approximate surface area is 284 Å². The summed E-state index contributed by atoms with van der Waals surface area (Å²) in [7, 11) is 3.24. The van der Waals surface area contributed by atoms with Crippen LogP contribution in [0.5, 0.6) is 0 Å². The second kappa shape index (κ2) is 17.5. The fourth-order valence-electron chi connectivity index (χ4n) is 11.4.